The van der Waals surface area contributed by atoms with Crippen LogP contribution in [-0.2, 0) is 14.3 Å². The van der Waals surface area contributed by atoms with Gasteiger partial charge in [0.05, 0.1) is 19.3 Å². The number of rotatable bonds is 3. The number of hydrogen-bond acceptors (Lipinski definition) is 9. The minimum atomic E-state index is -2.48. The lowest BCUT2D eigenvalue weighted by Gasteiger charge is -2.49. The van der Waals surface area contributed by atoms with Crippen molar-refractivity contribution in [3.05, 3.63) is 29.3 Å². The molecule has 156 valence electrons. The van der Waals surface area contributed by atoms with E-state index in [1.165, 1.54) is 26.2 Å². The molecule has 9 atom stereocenters. The number of fused-ring (bicyclic) bond motifs is 1. The van der Waals surface area contributed by atoms with Gasteiger partial charge in [0.15, 0.2) is 22.6 Å². The van der Waals surface area contributed by atoms with Crippen molar-refractivity contribution >= 4 is 11.6 Å². The molecule has 3 fully saturated rings. The highest BCUT2D eigenvalue weighted by molar-refractivity contribution is 6.10. The molecule has 4 N–H and O–H groups in total. The Bertz CT molecular complexity index is 946. The maximum atomic E-state index is 13.3. The summed E-state index contributed by atoms with van der Waals surface area (Å²) in [5.74, 6) is -2.51. The maximum absolute atomic E-state index is 13.3. The van der Waals surface area contributed by atoms with Crippen LogP contribution in [0.5, 0.6) is 5.75 Å². The van der Waals surface area contributed by atoms with Crippen molar-refractivity contribution < 1.29 is 44.2 Å². The molecule has 0 aromatic heterocycles. The van der Waals surface area contributed by atoms with Crippen molar-refractivity contribution in [1.82, 2.24) is 0 Å². The molecule has 0 amide bonds. The van der Waals surface area contributed by atoms with E-state index < -0.39 is 64.8 Å². The van der Waals surface area contributed by atoms with Crippen LogP contribution < -0.4 is 4.74 Å². The fourth-order valence-corrected chi connectivity index (χ4v) is 5.39. The molecule has 5 rings (SSSR count). The quantitative estimate of drug-likeness (QED) is 0.458. The maximum Gasteiger partial charge on any atom is 0.201 e. The highest BCUT2D eigenvalue weighted by atomic mass is 16.7. The number of hydrogen-bond donors (Lipinski definition) is 4. The van der Waals surface area contributed by atoms with Crippen LogP contribution in [0.3, 0.4) is 0 Å². The summed E-state index contributed by atoms with van der Waals surface area (Å²) in [6.07, 6.45) is -6.62. The van der Waals surface area contributed by atoms with Crippen LogP contribution in [0.15, 0.2) is 18.2 Å². The standard InChI is InChI=1S/C20H22O9/c1-7-13(21)19-14(22)9-5-4-6-10(27-3)11(9)15(23)20(19,29-19)17(25)18(7,26)16(24)12-8(2)28-12/h4-8,12-13,15,17,21,23,25-26H,1-3H3. The van der Waals surface area contributed by atoms with E-state index in [4.69, 9.17) is 14.2 Å². The first-order valence-corrected chi connectivity index (χ1v) is 9.48. The van der Waals surface area contributed by atoms with Crippen LogP contribution in [0.1, 0.15) is 35.9 Å². The highest BCUT2D eigenvalue weighted by Gasteiger charge is 2.92. The van der Waals surface area contributed by atoms with Gasteiger partial charge in [-0.3, -0.25) is 9.59 Å². The minimum Gasteiger partial charge on any atom is -0.496 e. The number of Topliss-reactive ketones (excluding diaryl/α,β-unsaturated/α-hetero) is 2. The van der Waals surface area contributed by atoms with Gasteiger partial charge in [0.2, 0.25) is 5.78 Å². The third kappa shape index (κ3) is 1.83. The number of ketones is 2. The molecule has 0 spiro atoms. The van der Waals surface area contributed by atoms with Gasteiger partial charge in [-0.05, 0) is 13.0 Å². The van der Waals surface area contributed by atoms with E-state index in [-0.39, 0.29) is 16.9 Å². The Kier molecular flexibility index (Phi) is 3.57. The SMILES string of the molecule is COc1cccc2c1C(O)C13OC1(C2=O)C(O)C(C)C(O)(C(=O)C1OC1C)C3O. The molecule has 1 aromatic rings. The third-order valence-corrected chi connectivity index (χ3v) is 7.19. The zero-order chi connectivity index (χ0) is 21.1. The van der Waals surface area contributed by atoms with Crippen LogP contribution in [0.4, 0.5) is 0 Å². The minimum absolute atomic E-state index is 0.0831. The van der Waals surface area contributed by atoms with E-state index in [9.17, 15) is 30.0 Å². The average molecular weight is 406 g/mol. The van der Waals surface area contributed by atoms with Crippen molar-refractivity contribution in [3.63, 3.8) is 0 Å². The van der Waals surface area contributed by atoms with E-state index in [2.05, 4.69) is 0 Å². The topological polar surface area (TPSA) is 149 Å². The number of aliphatic hydroxyl groups excluding tert-OH is 3. The van der Waals surface area contributed by atoms with Gasteiger partial charge in [0.1, 0.15) is 24.1 Å². The first kappa shape index (κ1) is 19.1. The van der Waals surface area contributed by atoms with Gasteiger partial charge in [-0.25, -0.2) is 0 Å². The summed E-state index contributed by atoms with van der Waals surface area (Å²) in [6, 6.07) is 4.57. The Hall–Kier alpha value is -1.88. The van der Waals surface area contributed by atoms with Gasteiger partial charge in [-0.15, -0.1) is 0 Å². The Labute approximate surface area is 165 Å². The Balaban J connectivity index is 1.70. The summed E-state index contributed by atoms with van der Waals surface area (Å²) in [6.45, 7) is 3.00. The molecular formula is C20H22O9. The fraction of sp³-hybridized carbons (Fsp3) is 0.600. The van der Waals surface area contributed by atoms with E-state index in [1.807, 2.05) is 0 Å². The first-order chi connectivity index (χ1) is 13.6. The molecule has 9 heteroatoms. The van der Waals surface area contributed by atoms with Crippen LogP contribution in [0, 0.1) is 5.92 Å². The summed E-state index contributed by atoms with van der Waals surface area (Å²) in [5.41, 5.74) is -6.35. The van der Waals surface area contributed by atoms with Crippen LogP contribution in [0.25, 0.3) is 0 Å². The van der Waals surface area contributed by atoms with E-state index in [1.54, 1.807) is 13.0 Å². The zero-order valence-electron chi connectivity index (χ0n) is 16.0. The van der Waals surface area contributed by atoms with Gasteiger partial charge >= 0.3 is 0 Å². The predicted octanol–water partition coefficient (Wildman–Crippen LogP) is -1.11. The lowest BCUT2D eigenvalue weighted by Crippen LogP contribution is -2.74. The van der Waals surface area contributed by atoms with Gasteiger partial charge in [0.25, 0.3) is 0 Å². The van der Waals surface area contributed by atoms with Gasteiger partial charge in [-0.1, -0.05) is 19.1 Å². The van der Waals surface area contributed by atoms with E-state index in [0.717, 1.165) is 0 Å². The Morgan fingerprint density at radius 1 is 1.21 bits per heavy atom. The van der Waals surface area contributed by atoms with Crippen molar-refractivity contribution in [3.8, 4) is 5.75 Å². The number of methoxy groups -OCH3 is 1. The molecule has 2 aliphatic heterocycles. The summed E-state index contributed by atoms with van der Waals surface area (Å²) in [5, 5.41) is 44.7. The largest absolute Gasteiger partial charge is 0.496 e. The van der Waals surface area contributed by atoms with Crippen LogP contribution in [-0.4, -0.2) is 80.3 Å². The molecule has 1 aromatic carbocycles. The van der Waals surface area contributed by atoms with Crippen LogP contribution in [0.2, 0.25) is 0 Å². The van der Waals surface area contributed by atoms with Crippen molar-refractivity contribution in [2.24, 2.45) is 5.92 Å². The second-order valence-corrected chi connectivity index (χ2v) is 8.37. The van der Waals surface area contributed by atoms with E-state index >= 15 is 0 Å². The number of epoxide rings is 2. The monoisotopic (exact) mass is 406 g/mol. The summed E-state index contributed by atoms with van der Waals surface area (Å²) < 4.78 is 16.1. The van der Waals surface area contributed by atoms with Gasteiger partial charge in [0, 0.05) is 17.0 Å². The molecule has 0 radical (unpaired) electrons. The highest BCUT2D eigenvalue weighted by Crippen LogP contribution is 2.70. The molecule has 2 aliphatic carbocycles. The molecule has 29 heavy (non-hydrogen) atoms. The Morgan fingerprint density at radius 2 is 1.86 bits per heavy atom. The van der Waals surface area contributed by atoms with Crippen LogP contribution >= 0.6 is 0 Å². The third-order valence-electron chi connectivity index (χ3n) is 7.19. The molecular weight excluding hydrogens is 384 g/mol. The summed E-state index contributed by atoms with van der Waals surface area (Å²) >= 11 is 0. The smallest absolute Gasteiger partial charge is 0.201 e. The number of carbonyl (C=O) groups is 2. The van der Waals surface area contributed by atoms with Crippen molar-refractivity contribution in [1.29, 1.82) is 0 Å². The molecule has 2 heterocycles. The second kappa shape index (κ2) is 5.42. The predicted molar refractivity (Wildman–Crippen MR) is 94.3 cm³/mol. The number of aliphatic hydroxyl groups is 4. The van der Waals surface area contributed by atoms with Crippen molar-refractivity contribution in [2.45, 2.75) is 61.2 Å². The normalized spacial score (nSPS) is 49.6. The molecule has 9 nitrogen and oxygen atoms in total. The number of ether oxygens (including phenoxy) is 3. The number of benzene rings is 1. The van der Waals surface area contributed by atoms with Gasteiger partial charge < -0.3 is 34.6 Å². The average Bonchev–Trinajstić information content (AvgIpc) is 3.62. The second-order valence-electron chi connectivity index (χ2n) is 8.37. The van der Waals surface area contributed by atoms with E-state index in [0.29, 0.717) is 0 Å². The summed E-state index contributed by atoms with van der Waals surface area (Å²) in [7, 11) is 1.36. The molecule has 4 aliphatic rings. The summed E-state index contributed by atoms with van der Waals surface area (Å²) in [4.78, 5) is 26.3. The molecule has 2 saturated heterocycles. The molecule has 9 unspecified atom stereocenters. The molecule has 1 saturated carbocycles. The lowest BCUT2D eigenvalue weighted by molar-refractivity contribution is -0.198. The zero-order valence-corrected chi connectivity index (χ0v) is 16.0. The lowest BCUT2D eigenvalue weighted by atomic mass is 9.55. The Morgan fingerprint density at radius 3 is 2.45 bits per heavy atom. The van der Waals surface area contributed by atoms with Gasteiger partial charge in [-0.2, -0.15) is 0 Å². The first-order valence-electron chi connectivity index (χ1n) is 9.48. The van der Waals surface area contributed by atoms with Crippen molar-refractivity contribution in [2.75, 3.05) is 7.11 Å². The number of carbonyl (C=O) groups excluding carboxylic acids is 2. The molecule has 0 bridgehead atoms. The fourth-order valence-electron chi connectivity index (χ4n) is 5.39.